The zero-order chi connectivity index (χ0) is 11.3. The van der Waals surface area contributed by atoms with E-state index >= 15 is 0 Å². The van der Waals surface area contributed by atoms with Gasteiger partial charge in [-0.2, -0.15) is 0 Å². The van der Waals surface area contributed by atoms with Crippen molar-refractivity contribution in [3.8, 4) is 0 Å². The van der Waals surface area contributed by atoms with Gasteiger partial charge in [0, 0.05) is 19.5 Å². The Morgan fingerprint density at radius 1 is 1.56 bits per heavy atom. The smallest absolute Gasteiger partial charge is 0.314 e. The van der Waals surface area contributed by atoms with Crippen molar-refractivity contribution in [2.24, 2.45) is 11.3 Å². The SMILES string of the molecule is COC(=O)C12CC(=O)NC1CN1CCC2C1. The Kier molecular flexibility index (Phi) is 2.01. The van der Waals surface area contributed by atoms with Crippen LogP contribution in [0.2, 0.25) is 0 Å². The third-order valence-electron chi connectivity index (χ3n) is 4.42. The average molecular weight is 224 g/mol. The third kappa shape index (κ3) is 1.09. The standard InChI is InChI=1S/C11H16N2O3/c1-16-10(15)11-4-9(14)12-8(11)6-13-3-2-7(11)5-13/h7-8H,2-6H2,1H3,(H,12,14). The number of nitrogens with one attached hydrogen (secondary N) is 1. The van der Waals surface area contributed by atoms with Gasteiger partial charge in [-0.1, -0.05) is 0 Å². The first kappa shape index (κ1) is 10.1. The van der Waals surface area contributed by atoms with E-state index in [-0.39, 0.29) is 23.8 Å². The number of ether oxygens (including phenoxy) is 1. The molecule has 5 heteroatoms. The molecule has 1 N–H and O–H groups in total. The van der Waals surface area contributed by atoms with Crippen LogP contribution in [0.4, 0.5) is 0 Å². The van der Waals surface area contributed by atoms with Crippen LogP contribution < -0.4 is 5.32 Å². The number of carbonyl (C=O) groups is 2. The van der Waals surface area contributed by atoms with E-state index in [1.165, 1.54) is 7.11 Å². The Bertz CT molecular complexity index is 357. The molecule has 5 nitrogen and oxygen atoms in total. The zero-order valence-corrected chi connectivity index (χ0v) is 9.36. The maximum Gasteiger partial charge on any atom is 0.314 e. The lowest BCUT2D eigenvalue weighted by atomic mass is 9.68. The topological polar surface area (TPSA) is 58.6 Å². The molecule has 3 heterocycles. The van der Waals surface area contributed by atoms with Crippen LogP contribution in [0.5, 0.6) is 0 Å². The maximum absolute atomic E-state index is 12.1. The zero-order valence-electron chi connectivity index (χ0n) is 9.36. The summed E-state index contributed by atoms with van der Waals surface area (Å²) in [7, 11) is 1.41. The molecular weight excluding hydrogens is 208 g/mol. The molecule has 0 spiro atoms. The molecule has 4 atom stereocenters. The molecular formula is C11H16N2O3. The molecule has 0 radical (unpaired) electrons. The summed E-state index contributed by atoms with van der Waals surface area (Å²) >= 11 is 0. The minimum atomic E-state index is -0.584. The largest absolute Gasteiger partial charge is 0.469 e. The molecule has 4 unspecified atom stereocenters. The van der Waals surface area contributed by atoms with Crippen LogP contribution in [0.3, 0.4) is 0 Å². The van der Waals surface area contributed by atoms with Gasteiger partial charge in [0.1, 0.15) is 5.41 Å². The first-order valence-electron chi connectivity index (χ1n) is 5.77. The Labute approximate surface area is 94.1 Å². The maximum atomic E-state index is 12.1. The summed E-state index contributed by atoms with van der Waals surface area (Å²) in [4.78, 5) is 26.0. The summed E-state index contributed by atoms with van der Waals surface area (Å²) in [5.41, 5.74) is -0.584. The third-order valence-corrected chi connectivity index (χ3v) is 4.42. The molecule has 3 aliphatic rings. The lowest BCUT2D eigenvalue weighted by molar-refractivity contribution is -0.159. The fourth-order valence-corrected chi connectivity index (χ4v) is 3.65. The van der Waals surface area contributed by atoms with Crippen molar-refractivity contribution in [3.05, 3.63) is 0 Å². The van der Waals surface area contributed by atoms with Crippen LogP contribution in [0, 0.1) is 11.3 Å². The van der Waals surface area contributed by atoms with Gasteiger partial charge < -0.3 is 15.0 Å². The summed E-state index contributed by atoms with van der Waals surface area (Å²) < 4.78 is 4.94. The summed E-state index contributed by atoms with van der Waals surface area (Å²) in [5.74, 6) is 0.0594. The van der Waals surface area contributed by atoms with E-state index in [9.17, 15) is 9.59 Å². The number of rotatable bonds is 1. The second kappa shape index (κ2) is 3.20. The van der Waals surface area contributed by atoms with Crippen LogP contribution in [-0.4, -0.2) is 49.6 Å². The first-order valence-corrected chi connectivity index (χ1v) is 5.77. The van der Waals surface area contributed by atoms with Crippen LogP contribution in [-0.2, 0) is 14.3 Å². The second-order valence-electron chi connectivity index (χ2n) is 5.07. The van der Waals surface area contributed by atoms with E-state index in [1.54, 1.807) is 0 Å². The molecule has 16 heavy (non-hydrogen) atoms. The van der Waals surface area contributed by atoms with E-state index in [2.05, 4.69) is 10.2 Å². The molecule has 0 saturated carbocycles. The van der Waals surface area contributed by atoms with Gasteiger partial charge in [-0.05, 0) is 18.9 Å². The van der Waals surface area contributed by atoms with Crippen LogP contribution >= 0.6 is 0 Å². The Morgan fingerprint density at radius 2 is 2.38 bits per heavy atom. The van der Waals surface area contributed by atoms with Crippen molar-refractivity contribution >= 4 is 11.9 Å². The van der Waals surface area contributed by atoms with Gasteiger partial charge >= 0.3 is 5.97 Å². The molecule has 0 aromatic rings. The highest BCUT2D eigenvalue weighted by Gasteiger charge is 2.62. The van der Waals surface area contributed by atoms with Gasteiger partial charge in [0.15, 0.2) is 0 Å². The van der Waals surface area contributed by atoms with Crippen LogP contribution in [0.1, 0.15) is 12.8 Å². The Balaban J connectivity index is 2.01. The lowest BCUT2D eigenvalue weighted by Crippen LogP contribution is -2.57. The number of amides is 1. The quantitative estimate of drug-likeness (QED) is 0.602. The second-order valence-corrected chi connectivity index (χ2v) is 5.07. The van der Waals surface area contributed by atoms with Crippen LogP contribution in [0.15, 0.2) is 0 Å². The van der Waals surface area contributed by atoms with Crippen molar-refractivity contribution in [2.75, 3.05) is 26.7 Å². The fraction of sp³-hybridized carbons (Fsp3) is 0.818. The van der Waals surface area contributed by atoms with Gasteiger partial charge in [0.2, 0.25) is 5.91 Å². The predicted molar refractivity (Wildman–Crippen MR) is 55.5 cm³/mol. The average Bonchev–Trinajstić information content (AvgIpc) is 2.82. The highest BCUT2D eigenvalue weighted by atomic mass is 16.5. The summed E-state index contributed by atoms with van der Waals surface area (Å²) in [5, 5.41) is 2.93. The normalized spacial score (nSPS) is 45.1. The number of fused-ring (bicyclic) bond motifs is 4. The van der Waals surface area contributed by atoms with Gasteiger partial charge in [-0.15, -0.1) is 0 Å². The number of piperidine rings is 1. The number of hydrogen-bond donors (Lipinski definition) is 1. The summed E-state index contributed by atoms with van der Waals surface area (Å²) in [6.07, 6.45) is 1.31. The van der Waals surface area contributed by atoms with E-state index in [1.807, 2.05) is 0 Å². The minimum Gasteiger partial charge on any atom is -0.469 e. The van der Waals surface area contributed by atoms with E-state index < -0.39 is 5.41 Å². The van der Waals surface area contributed by atoms with Crippen molar-refractivity contribution in [1.82, 2.24) is 10.2 Å². The molecule has 3 rings (SSSR count). The molecule has 3 saturated heterocycles. The van der Waals surface area contributed by atoms with E-state index in [4.69, 9.17) is 4.74 Å². The van der Waals surface area contributed by atoms with Crippen molar-refractivity contribution < 1.29 is 14.3 Å². The van der Waals surface area contributed by atoms with Crippen molar-refractivity contribution in [1.29, 1.82) is 0 Å². The summed E-state index contributed by atoms with van der Waals surface area (Å²) in [6.45, 7) is 2.76. The molecule has 0 aliphatic carbocycles. The Morgan fingerprint density at radius 3 is 3.12 bits per heavy atom. The van der Waals surface area contributed by atoms with Gasteiger partial charge in [0.25, 0.3) is 0 Å². The number of esters is 1. The molecule has 88 valence electrons. The van der Waals surface area contributed by atoms with Gasteiger partial charge in [0.05, 0.1) is 13.2 Å². The molecule has 1 amide bonds. The predicted octanol–water partition coefficient (Wildman–Crippen LogP) is -0.630. The van der Waals surface area contributed by atoms with Crippen LogP contribution in [0.25, 0.3) is 0 Å². The van der Waals surface area contributed by atoms with Gasteiger partial charge in [-0.3, -0.25) is 9.59 Å². The highest BCUT2D eigenvalue weighted by Crippen LogP contribution is 2.48. The van der Waals surface area contributed by atoms with Crippen molar-refractivity contribution in [3.63, 3.8) is 0 Å². The lowest BCUT2D eigenvalue weighted by Gasteiger charge is -2.41. The van der Waals surface area contributed by atoms with E-state index in [0.29, 0.717) is 6.42 Å². The molecule has 0 aromatic heterocycles. The Hall–Kier alpha value is -1.10. The number of methoxy groups -OCH3 is 1. The number of hydrogen-bond acceptors (Lipinski definition) is 4. The highest BCUT2D eigenvalue weighted by molar-refractivity contribution is 5.91. The molecule has 3 fully saturated rings. The monoisotopic (exact) mass is 224 g/mol. The number of carbonyl (C=O) groups excluding carboxylic acids is 2. The van der Waals surface area contributed by atoms with Gasteiger partial charge in [-0.25, -0.2) is 0 Å². The minimum absolute atomic E-state index is 0.0100. The number of nitrogens with zero attached hydrogens (tertiary/aromatic N) is 1. The molecule has 3 aliphatic heterocycles. The van der Waals surface area contributed by atoms with E-state index in [0.717, 1.165) is 26.1 Å². The summed E-state index contributed by atoms with van der Waals surface area (Å²) in [6, 6.07) is -0.0475. The van der Waals surface area contributed by atoms with Crippen molar-refractivity contribution in [2.45, 2.75) is 18.9 Å². The molecule has 2 bridgehead atoms. The fourth-order valence-electron chi connectivity index (χ4n) is 3.65. The first-order chi connectivity index (χ1) is 7.66. The molecule has 0 aromatic carbocycles.